The summed E-state index contributed by atoms with van der Waals surface area (Å²) in [4.78, 5) is 23.8. The molecule has 0 spiro atoms. The van der Waals surface area contributed by atoms with Gasteiger partial charge in [-0.15, -0.1) is 11.6 Å². The first-order chi connectivity index (χ1) is 14.4. The molecule has 31 heavy (non-hydrogen) atoms. The molecule has 0 radical (unpaired) electrons. The molecule has 1 amide bonds. The van der Waals surface area contributed by atoms with E-state index in [1.54, 1.807) is 32.6 Å². The van der Waals surface area contributed by atoms with Gasteiger partial charge >= 0.3 is 13.8 Å². The third kappa shape index (κ3) is 5.32. The van der Waals surface area contributed by atoms with Gasteiger partial charge in [0.2, 0.25) is 0 Å². The minimum absolute atomic E-state index is 0.0238. The first-order valence-corrected chi connectivity index (χ1v) is 11.9. The fourth-order valence-electron chi connectivity index (χ4n) is 3.42. The summed E-state index contributed by atoms with van der Waals surface area (Å²) in [5.74, 6) is -0.802. The van der Waals surface area contributed by atoms with Crippen LogP contribution in [0.5, 0.6) is 0 Å². The Morgan fingerprint density at radius 1 is 1.48 bits per heavy atom. The molecule has 1 N–H and O–H groups in total. The van der Waals surface area contributed by atoms with Gasteiger partial charge in [0.05, 0.1) is 25.2 Å². The maximum Gasteiger partial charge on any atom is 0.475 e. The van der Waals surface area contributed by atoms with Gasteiger partial charge in [0.15, 0.2) is 6.23 Å². The summed E-state index contributed by atoms with van der Waals surface area (Å²) in [5, 5.41) is 2.58. The lowest BCUT2D eigenvalue weighted by Crippen LogP contribution is -2.51. The highest BCUT2D eigenvalue weighted by atomic mass is 35.5. The number of nitrogens with one attached hydrogen (secondary N) is 1. The summed E-state index contributed by atoms with van der Waals surface area (Å²) >= 11 is 6.77. The monoisotopic (exact) mass is 478 g/mol. The van der Waals surface area contributed by atoms with E-state index in [0.717, 1.165) is 0 Å². The largest absolute Gasteiger partial charge is 0.475 e. The molecule has 0 saturated carbocycles. The van der Waals surface area contributed by atoms with Crippen molar-refractivity contribution in [1.82, 2.24) is 10.2 Å². The van der Waals surface area contributed by atoms with E-state index in [-0.39, 0.29) is 37.6 Å². The fraction of sp³-hybridized carbons (Fsp3) is 0.684. The predicted octanol–water partition coefficient (Wildman–Crippen LogP) is 2.64. The van der Waals surface area contributed by atoms with Crippen LogP contribution in [0, 0.1) is 5.92 Å². The van der Waals surface area contributed by atoms with Crippen LogP contribution in [0.1, 0.15) is 34.1 Å². The predicted molar refractivity (Wildman–Crippen MR) is 111 cm³/mol. The molecule has 0 unspecified atom stereocenters. The molecular weight excluding hydrogens is 451 g/mol. The van der Waals surface area contributed by atoms with Crippen molar-refractivity contribution in [2.24, 2.45) is 5.92 Å². The smallest absolute Gasteiger partial charge is 0.463 e. The molecule has 0 aromatic rings. The van der Waals surface area contributed by atoms with E-state index < -0.39 is 37.1 Å². The molecule has 3 heterocycles. The van der Waals surface area contributed by atoms with Gasteiger partial charge in [0, 0.05) is 12.3 Å². The van der Waals surface area contributed by atoms with Gasteiger partial charge in [-0.05, 0) is 27.2 Å². The number of hydrogen-bond acceptors (Lipinski definition) is 9. The van der Waals surface area contributed by atoms with Crippen molar-refractivity contribution < 1.29 is 37.2 Å². The number of alkyl halides is 1. The lowest BCUT2D eigenvalue weighted by atomic mass is 10.0. The molecule has 10 nitrogen and oxygen atoms in total. The summed E-state index contributed by atoms with van der Waals surface area (Å²) in [6, 6.07) is 0. The number of phosphoric ester groups is 1. The molecule has 2 fully saturated rings. The number of nitrogens with zero attached hydrogens (tertiary/aromatic N) is 1. The first kappa shape index (κ1) is 24.2. The lowest BCUT2D eigenvalue weighted by molar-refractivity contribution is -0.152. The van der Waals surface area contributed by atoms with Gasteiger partial charge in [-0.2, -0.15) is 0 Å². The van der Waals surface area contributed by atoms with Crippen molar-refractivity contribution in [2.45, 2.75) is 63.5 Å². The Hall–Kier alpha value is -1.42. The van der Waals surface area contributed by atoms with Crippen LogP contribution in [0.15, 0.2) is 24.7 Å². The minimum Gasteiger partial charge on any atom is -0.463 e. The van der Waals surface area contributed by atoms with Gasteiger partial charge in [0.1, 0.15) is 22.9 Å². The van der Waals surface area contributed by atoms with E-state index in [9.17, 15) is 14.2 Å². The second-order valence-electron chi connectivity index (χ2n) is 8.11. The number of halogens is 1. The first-order valence-electron chi connectivity index (χ1n) is 10.0. The highest BCUT2D eigenvalue weighted by molar-refractivity contribution is 7.48. The summed E-state index contributed by atoms with van der Waals surface area (Å²) in [6.45, 7) is 10.6. The second-order valence-corrected chi connectivity index (χ2v) is 10.6. The van der Waals surface area contributed by atoms with E-state index in [0.29, 0.717) is 5.82 Å². The van der Waals surface area contributed by atoms with Crippen molar-refractivity contribution in [2.75, 3.05) is 13.2 Å². The summed E-state index contributed by atoms with van der Waals surface area (Å²) in [7, 11) is -3.91. The van der Waals surface area contributed by atoms with E-state index in [2.05, 4.69) is 11.9 Å². The molecule has 3 aliphatic rings. The zero-order chi connectivity index (χ0) is 23.0. The summed E-state index contributed by atoms with van der Waals surface area (Å²) in [5.41, 5.74) is 0. The van der Waals surface area contributed by atoms with Crippen molar-refractivity contribution >= 4 is 31.3 Å². The van der Waals surface area contributed by atoms with Crippen molar-refractivity contribution in [3.63, 3.8) is 0 Å². The Labute approximate surface area is 186 Å². The maximum absolute atomic E-state index is 13.0. The van der Waals surface area contributed by atoms with Gasteiger partial charge in [-0.25, -0.2) is 4.57 Å². The number of amides is 1. The van der Waals surface area contributed by atoms with E-state index >= 15 is 0 Å². The topological polar surface area (TPSA) is 113 Å². The molecule has 174 valence electrons. The van der Waals surface area contributed by atoms with Crippen LogP contribution in [0.2, 0.25) is 0 Å². The van der Waals surface area contributed by atoms with Crippen LogP contribution in [0.25, 0.3) is 0 Å². The van der Waals surface area contributed by atoms with Gasteiger partial charge in [-0.1, -0.05) is 13.5 Å². The molecule has 3 aliphatic heterocycles. The molecule has 2 saturated heterocycles. The summed E-state index contributed by atoms with van der Waals surface area (Å²) in [6.07, 6.45) is 0.743. The van der Waals surface area contributed by atoms with Crippen LogP contribution in [-0.4, -0.2) is 59.4 Å². The number of carbonyl (C=O) groups excluding carboxylic acids is 2. The van der Waals surface area contributed by atoms with E-state index in [1.807, 2.05) is 0 Å². The Bertz CT molecular complexity index is 817. The standard InChI is InChI=1S/C19H28ClN2O8P/c1-11(2)28-17(24)12(3)7-9-26-31(25)27-10-14-16(30-31)19(5,20)18(29-14)22-8-6-15(23)21-13(22)4/h6,8,11-12,14,16,18H,4,7,9-10H2,1-3,5H3,(H,21,23)/t12-,14+,16+,18+,19+,31-/m0/s1. The number of hydrogen-bond donors (Lipinski definition) is 1. The Kier molecular flexibility index (Phi) is 7.20. The number of fused-ring (bicyclic) bond motifs is 1. The Morgan fingerprint density at radius 3 is 2.84 bits per heavy atom. The Morgan fingerprint density at radius 2 is 2.19 bits per heavy atom. The molecule has 6 atom stereocenters. The van der Waals surface area contributed by atoms with Gasteiger partial charge < -0.3 is 19.7 Å². The SMILES string of the molecule is C=C1NC(=O)C=CN1[C@@H]1O[C@@H]2CO[P@](=O)(OCC[C@H](C)C(=O)OC(C)C)O[C@H]2[C@@]1(C)Cl. The maximum atomic E-state index is 13.0. The number of phosphoric acid groups is 1. The molecule has 0 aromatic carbocycles. The quantitative estimate of drug-likeness (QED) is 0.335. The van der Waals surface area contributed by atoms with E-state index in [4.69, 9.17) is 34.6 Å². The number of esters is 1. The third-order valence-corrected chi connectivity index (χ3v) is 6.94. The highest BCUT2D eigenvalue weighted by Gasteiger charge is 2.61. The molecule has 0 bridgehead atoms. The molecule has 0 aromatic heterocycles. The number of carbonyl (C=O) groups is 2. The molecule has 0 aliphatic carbocycles. The van der Waals surface area contributed by atoms with Crippen molar-refractivity contribution in [3.05, 3.63) is 24.7 Å². The minimum atomic E-state index is -3.91. The molecule has 3 rings (SSSR count). The zero-order valence-corrected chi connectivity index (χ0v) is 19.6. The normalized spacial score (nSPS) is 36.3. The van der Waals surface area contributed by atoms with Crippen LogP contribution in [-0.2, 0) is 37.2 Å². The van der Waals surface area contributed by atoms with E-state index in [1.165, 1.54) is 12.3 Å². The van der Waals surface area contributed by atoms with Crippen LogP contribution in [0.4, 0.5) is 0 Å². The zero-order valence-electron chi connectivity index (χ0n) is 17.9. The average molecular weight is 479 g/mol. The van der Waals surface area contributed by atoms with Crippen LogP contribution >= 0.6 is 19.4 Å². The Balaban J connectivity index is 1.61. The van der Waals surface area contributed by atoms with Crippen molar-refractivity contribution in [3.8, 4) is 0 Å². The van der Waals surface area contributed by atoms with Crippen LogP contribution in [0.3, 0.4) is 0 Å². The highest BCUT2D eigenvalue weighted by Crippen LogP contribution is 2.59. The average Bonchev–Trinajstić information content (AvgIpc) is 2.91. The molecule has 12 heteroatoms. The van der Waals surface area contributed by atoms with Gasteiger partial charge in [0.25, 0.3) is 5.91 Å². The second kappa shape index (κ2) is 9.21. The third-order valence-electron chi connectivity index (χ3n) is 5.09. The van der Waals surface area contributed by atoms with Crippen LogP contribution < -0.4 is 5.32 Å². The lowest BCUT2D eigenvalue weighted by Gasteiger charge is -2.38. The summed E-state index contributed by atoms with van der Waals surface area (Å²) < 4.78 is 40.5. The molecular formula is C19H28ClN2O8P. The fourth-order valence-corrected chi connectivity index (χ4v) is 5.32. The van der Waals surface area contributed by atoms with Gasteiger partial charge in [-0.3, -0.25) is 23.2 Å². The number of rotatable bonds is 7. The number of ether oxygens (including phenoxy) is 2. The van der Waals surface area contributed by atoms with Crippen molar-refractivity contribution in [1.29, 1.82) is 0 Å².